The van der Waals surface area contributed by atoms with Gasteiger partial charge in [-0.05, 0) is 22.0 Å². The van der Waals surface area contributed by atoms with Crippen molar-refractivity contribution in [2.45, 2.75) is 0 Å². The molecule has 0 saturated carbocycles. The number of anilines is 1. The number of pyridine rings is 1. The molecule has 0 unspecified atom stereocenters. The molecular formula is C12H6BrF3N2O. The summed E-state index contributed by atoms with van der Waals surface area (Å²) in [6.45, 7) is 0. The molecule has 0 saturated heterocycles. The van der Waals surface area contributed by atoms with Gasteiger partial charge >= 0.3 is 0 Å². The van der Waals surface area contributed by atoms with Crippen molar-refractivity contribution in [2.75, 3.05) is 5.32 Å². The van der Waals surface area contributed by atoms with Crippen LogP contribution in [-0.4, -0.2) is 10.9 Å². The van der Waals surface area contributed by atoms with Gasteiger partial charge in [0.2, 0.25) is 0 Å². The maximum atomic E-state index is 13.3. The highest BCUT2D eigenvalue weighted by molar-refractivity contribution is 9.10. The minimum atomic E-state index is -1.19. The molecule has 1 N–H and O–H groups in total. The summed E-state index contributed by atoms with van der Waals surface area (Å²) < 4.78 is 39.9. The summed E-state index contributed by atoms with van der Waals surface area (Å²) in [5.74, 6) is -4.18. The van der Waals surface area contributed by atoms with E-state index in [-0.39, 0.29) is 5.56 Å². The van der Waals surface area contributed by atoms with Crippen molar-refractivity contribution in [3.63, 3.8) is 0 Å². The zero-order valence-corrected chi connectivity index (χ0v) is 10.8. The van der Waals surface area contributed by atoms with Crippen LogP contribution in [0.25, 0.3) is 0 Å². The molecule has 2 rings (SSSR count). The van der Waals surface area contributed by atoms with Crippen LogP contribution >= 0.6 is 15.9 Å². The van der Waals surface area contributed by atoms with Gasteiger partial charge < -0.3 is 5.32 Å². The Hall–Kier alpha value is -1.89. The van der Waals surface area contributed by atoms with Gasteiger partial charge in [0.1, 0.15) is 11.5 Å². The standard InChI is InChI=1S/C12H6BrF3N2O/c13-7-1-6(4-17-5-7)12(19)18-11-9(15)2-8(14)3-10(11)16/h1-5H,(H,18,19). The smallest absolute Gasteiger partial charge is 0.257 e. The fourth-order valence-corrected chi connectivity index (χ4v) is 1.75. The van der Waals surface area contributed by atoms with Gasteiger partial charge in [-0.25, -0.2) is 13.2 Å². The van der Waals surface area contributed by atoms with Crippen molar-refractivity contribution in [3.05, 3.63) is 58.1 Å². The zero-order chi connectivity index (χ0) is 14.0. The Morgan fingerprint density at radius 2 is 1.74 bits per heavy atom. The van der Waals surface area contributed by atoms with Crippen molar-refractivity contribution in [3.8, 4) is 0 Å². The summed E-state index contributed by atoms with van der Waals surface area (Å²) in [6.07, 6.45) is 2.69. The molecule has 1 aromatic heterocycles. The van der Waals surface area contributed by atoms with Gasteiger partial charge in [-0.2, -0.15) is 0 Å². The number of hydrogen-bond donors (Lipinski definition) is 1. The lowest BCUT2D eigenvalue weighted by molar-refractivity contribution is 0.102. The van der Waals surface area contributed by atoms with Gasteiger partial charge in [0, 0.05) is 29.0 Å². The average molecular weight is 331 g/mol. The van der Waals surface area contributed by atoms with Crippen LogP contribution in [0.1, 0.15) is 10.4 Å². The van der Waals surface area contributed by atoms with Gasteiger partial charge in [0.05, 0.1) is 5.56 Å². The number of amides is 1. The van der Waals surface area contributed by atoms with Crippen LogP contribution in [-0.2, 0) is 0 Å². The van der Waals surface area contributed by atoms with E-state index in [0.29, 0.717) is 16.6 Å². The number of halogens is 4. The van der Waals surface area contributed by atoms with E-state index >= 15 is 0 Å². The Labute approximate surface area is 114 Å². The van der Waals surface area contributed by atoms with E-state index in [1.165, 1.54) is 18.5 Å². The molecule has 0 aliphatic heterocycles. The molecule has 0 atom stereocenters. The van der Waals surface area contributed by atoms with Gasteiger partial charge in [0.25, 0.3) is 5.91 Å². The highest BCUT2D eigenvalue weighted by Crippen LogP contribution is 2.21. The second-order valence-electron chi connectivity index (χ2n) is 3.59. The van der Waals surface area contributed by atoms with Gasteiger partial charge in [-0.3, -0.25) is 9.78 Å². The van der Waals surface area contributed by atoms with E-state index in [9.17, 15) is 18.0 Å². The Kier molecular flexibility index (Phi) is 3.84. The molecule has 0 aliphatic rings. The summed E-state index contributed by atoms with van der Waals surface area (Å²) in [6, 6.07) is 2.40. The lowest BCUT2D eigenvalue weighted by Crippen LogP contribution is -2.14. The third-order valence-corrected chi connectivity index (χ3v) is 2.65. The Bertz CT molecular complexity index is 626. The number of carbonyl (C=O) groups is 1. The third kappa shape index (κ3) is 3.11. The fourth-order valence-electron chi connectivity index (χ4n) is 1.38. The number of carbonyl (C=O) groups excluding carboxylic acids is 1. The number of hydrogen-bond acceptors (Lipinski definition) is 2. The van der Waals surface area contributed by atoms with Crippen molar-refractivity contribution < 1.29 is 18.0 Å². The molecule has 2 aromatic rings. The first kappa shape index (κ1) is 13.5. The van der Waals surface area contributed by atoms with Crippen molar-refractivity contribution >= 4 is 27.5 Å². The molecule has 1 aromatic carbocycles. The highest BCUT2D eigenvalue weighted by atomic mass is 79.9. The molecule has 0 spiro atoms. The summed E-state index contributed by atoms with van der Waals surface area (Å²) in [5.41, 5.74) is -0.594. The maximum absolute atomic E-state index is 13.3. The summed E-state index contributed by atoms with van der Waals surface area (Å²) >= 11 is 3.11. The predicted molar refractivity (Wildman–Crippen MR) is 66.2 cm³/mol. The summed E-state index contributed by atoms with van der Waals surface area (Å²) in [7, 11) is 0. The molecule has 1 heterocycles. The molecular weight excluding hydrogens is 325 g/mol. The second kappa shape index (κ2) is 5.40. The first-order valence-corrected chi connectivity index (χ1v) is 5.83. The number of rotatable bonds is 2. The van der Waals surface area contributed by atoms with Gasteiger partial charge in [-0.15, -0.1) is 0 Å². The van der Waals surface area contributed by atoms with E-state index < -0.39 is 29.0 Å². The Morgan fingerprint density at radius 1 is 1.11 bits per heavy atom. The Balaban J connectivity index is 2.29. The van der Waals surface area contributed by atoms with Crippen LogP contribution in [0.3, 0.4) is 0 Å². The van der Waals surface area contributed by atoms with Crippen LogP contribution in [0.5, 0.6) is 0 Å². The minimum absolute atomic E-state index is 0.109. The maximum Gasteiger partial charge on any atom is 0.257 e. The van der Waals surface area contributed by atoms with E-state index in [4.69, 9.17) is 0 Å². The molecule has 98 valence electrons. The quantitative estimate of drug-likeness (QED) is 0.915. The average Bonchev–Trinajstić information content (AvgIpc) is 2.33. The molecule has 0 fully saturated rings. The van der Waals surface area contributed by atoms with Crippen molar-refractivity contribution in [1.82, 2.24) is 4.98 Å². The summed E-state index contributed by atoms with van der Waals surface area (Å²) in [4.78, 5) is 15.5. The predicted octanol–water partition coefficient (Wildman–Crippen LogP) is 3.51. The number of nitrogens with one attached hydrogen (secondary N) is 1. The lowest BCUT2D eigenvalue weighted by Gasteiger charge is -2.07. The number of aromatic nitrogens is 1. The van der Waals surface area contributed by atoms with Crippen LogP contribution < -0.4 is 5.32 Å². The van der Waals surface area contributed by atoms with Crippen LogP contribution in [0, 0.1) is 17.5 Å². The normalized spacial score (nSPS) is 10.3. The van der Waals surface area contributed by atoms with E-state index in [2.05, 4.69) is 20.9 Å². The molecule has 0 radical (unpaired) electrons. The lowest BCUT2D eigenvalue weighted by atomic mass is 10.2. The first-order valence-electron chi connectivity index (χ1n) is 5.04. The van der Waals surface area contributed by atoms with Crippen LogP contribution in [0.15, 0.2) is 35.1 Å². The van der Waals surface area contributed by atoms with Crippen molar-refractivity contribution in [2.24, 2.45) is 0 Å². The zero-order valence-electron chi connectivity index (χ0n) is 9.25. The Morgan fingerprint density at radius 3 is 2.32 bits per heavy atom. The fraction of sp³-hybridized carbons (Fsp3) is 0. The SMILES string of the molecule is O=C(Nc1c(F)cc(F)cc1F)c1cncc(Br)c1. The third-order valence-electron chi connectivity index (χ3n) is 2.21. The molecule has 7 heteroatoms. The molecule has 3 nitrogen and oxygen atoms in total. The molecule has 0 aliphatic carbocycles. The number of nitrogens with zero attached hydrogens (tertiary/aromatic N) is 1. The van der Waals surface area contributed by atoms with Gasteiger partial charge in [0.15, 0.2) is 11.6 Å². The first-order chi connectivity index (χ1) is 8.97. The topological polar surface area (TPSA) is 42.0 Å². The molecule has 1 amide bonds. The minimum Gasteiger partial charge on any atom is -0.317 e. The molecule has 0 bridgehead atoms. The van der Waals surface area contributed by atoms with E-state index in [1.807, 2.05) is 5.32 Å². The molecule has 19 heavy (non-hydrogen) atoms. The number of benzene rings is 1. The largest absolute Gasteiger partial charge is 0.317 e. The second-order valence-corrected chi connectivity index (χ2v) is 4.51. The van der Waals surface area contributed by atoms with Crippen molar-refractivity contribution in [1.29, 1.82) is 0 Å². The van der Waals surface area contributed by atoms with Crippen LogP contribution in [0.2, 0.25) is 0 Å². The van der Waals surface area contributed by atoms with E-state index in [1.54, 1.807) is 0 Å². The monoisotopic (exact) mass is 330 g/mol. The van der Waals surface area contributed by atoms with Gasteiger partial charge in [-0.1, -0.05) is 0 Å². The van der Waals surface area contributed by atoms with E-state index in [0.717, 1.165) is 0 Å². The van der Waals surface area contributed by atoms with Crippen LogP contribution in [0.4, 0.5) is 18.9 Å². The highest BCUT2D eigenvalue weighted by Gasteiger charge is 2.15. The summed E-state index contributed by atoms with van der Waals surface area (Å²) in [5, 5.41) is 2.03.